The molecule has 2 aromatic rings. The molecule has 2 nitrogen and oxygen atoms in total. The molecule has 1 heterocycles. The van der Waals surface area contributed by atoms with Crippen molar-refractivity contribution in [1.29, 1.82) is 0 Å². The van der Waals surface area contributed by atoms with Gasteiger partial charge in [-0.25, -0.2) is 9.13 Å². The summed E-state index contributed by atoms with van der Waals surface area (Å²) in [7, 11) is 2.11. The summed E-state index contributed by atoms with van der Waals surface area (Å²) in [5.41, 5.74) is 2.58. The zero-order valence-corrected chi connectivity index (χ0v) is 9.96. The van der Waals surface area contributed by atoms with E-state index in [1.165, 1.54) is 16.9 Å². The molecule has 2 rings (SSSR count). The molecule has 0 amide bonds. The van der Waals surface area contributed by atoms with E-state index in [1.54, 1.807) is 0 Å². The van der Waals surface area contributed by atoms with Crippen molar-refractivity contribution in [3.05, 3.63) is 30.1 Å². The molecule has 0 saturated heterocycles. The van der Waals surface area contributed by atoms with E-state index < -0.39 is 0 Å². The van der Waals surface area contributed by atoms with Crippen LogP contribution in [0.2, 0.25) is 0 Å². The van der Waals surface area contributed by atoms with Crippen LogP contribution < -0.4 is 4.57 Å². The van der Waals surface area contributed by atoms with Crippen molar-refractivity contribution in [2.24, 2.45) is 7.05 Å². The van der Waals surface area contributed by atoms with Gasteiger partial charge in [-0.2, -0.15) is 0 Å². The fraction of sp³-hybridized carbons (Fsp3) is 0.417. The van der Waals surface area contributed by atoms with E-state index in [1.807, 2.05) is 0 Å². The third-order valence-corrected chi connectivity index (χ3v) is 3.19. The molecule has 3 heteroatoms. The summed E-state index contributed by atoms with van der Waals surface area (Å²) >= 11 is 5.74. The Morgan fingerprint density at radius 1 is 1.33 bits per heavy atom. The summed E-state index contributed by atoms with van der Waals surface area (Å²) in [5.74, 6) is 2.00. The second-order valence-electron chi connectivity index (χ2n) is 3.79. The lowest BCUT2D eigenvalue weighted by atomic mass is 10.3. The molecule has 0 atom stereocenters. The zero-order chi connectivity index (χ0) is 10.8. The van der Waals surface area contributed by atoms with Crippen LogP contribution in [0.3, 0.4) is 0 Å². The summed E-state index contributed by atoms with van der Waals surface area (Å²) in [6, 6.07) is 8.47. The van der Waals surface area contributed by atoms with Gasteiger partial charge in [0.1, 0.15) is 0 Å². The maximum absolute atomic E-state index is 5.74. The molecule has 15 heavy (non-hydrogen) atoms. The number of para-hydroxylation sites is 2. The minimum absolute atomic E-state index is 0.718. The van der Waals surface area contributed by atoms with Crippen molar-refractivity contribution < 1.29 is 4.57 Å². The molecule has 0 unspecified atom stereocenters. The first-order valence-electron chi connectivity index (χ1n) is 5.25. The van der Waals surface area contributed by atoms with Crippen LogP contribution >= 0.6 is 11.6 Å². The molecule has 0 aliphatic heterocycles. The smallest absolute Gasteiger partial charge is 0.230 e. The predicted octanol–water partition coefficient (Wildman–Crippen LogP) is 2.40. The molecular weight excluding hydrogens is 208 g/mol. The molecule has 80 valence electrons. The van der Waals surface area contributed by atoms with Gasteiger partial charge < -0.3 is 0 Å². The molecular formula is C12H16ClN2+. The lowest BCUT2D eigenvalue weighted by Crippen LogP contribution is -2.30. The van der Waals surface area contributed by atoms with Crippen LogP contribution in [0.1, 0.15) is 12.2 Å². The Morgan fingerprint density at radius 3 is 2.80 bits per heavy atom. The molecule has 0 saturated carbocycles. The van der Waals surface area contributed by atoms with E-state index in [4.69, 9.17) is 11.6 Å². The maximum atomic E-state index is 5.74. The molecule has 0 N–H and O–H groups in total. The molecule has 0 aliphatic rings. The van der Waals surface area contributed by atoms with Gasteiger partial charge in [0.05, 0.1) is 13.6 Å². The number of rotatable bonds is 3. The number of aromatic nitrogens is 2. The molecule has 0 fully saturated rings. The molecule has 0 bridgehead atoms. The summed E-state index contributed by atoms with van der Waals surface area (Å²) in [6.45, 7) is 3.14. The van der Waals surface area contributed by atoms with Crippen molar-refractivity contribution in [1.82, 2.24) is 4.57 Å². The molecule has 0 aliphatic carbocycles. The number of alkyl halides is 1. The second kappa shape index (κ2) is 4.23. The minimum Gasteiger partial charge on any atom is -0.230 e. The van der Waals surface area contributed by atoms with Gasteiger partial charge in [0.2, 0.25) is 0 Å². The lowest BCUT2D eigenvalue weighted by molar-refractivity contribution is -0.652. The van der Waals surface area contributed by atoms with E-state index in [2.05, 4.69) is 47.4 Å². The van der Waals surface area contributed by atoms with Gasteiger partial charge in [-0.3, -0.25) is 0 Å². The quantitative estimate of drug-likeness (QED) is 0.558. The van der Waals surface area contributed by atoms with Crippen LogP contribution in [0, 0.1) is 6.92 Å². The topological polar surface area (TPSA) is 8.81 Å². The number of benzene rings is 1. The molecule has 0 radical (unpaired) electrons. The standard InChI is InChI=1S/C12H16ClN2/c1-10-14(2)11-6-3-4-7-12(11)15(10)9-5-8-13/h3-4,6-7H,5,8-9H2,1-2H3/q+1. The predicted molar refractivity (Wildman–Crippen MR) is 63.2 cm³/mol. The molecule has 1 aromatic carbocycles. The van der Waals surface area contributed by atoms with Crippen molar-refractivity contribution in [3.8, 4) is 0 Å². The first-order valence-corrected chi connectivity index (χ1v) is 5.79. The normalized spacial score (nSPS) is 11.1. The summed E-state index contributed by atoms with van der Waals surface area (Å²) in [6.07, 6.45) is 1.01. The Kier molecular flexibility index (Phi) is 2.96. The third kappa shape index (κ3) is 1.74. The Balaban J connectivity index is 2.56. The maximum Gasteiger partial charge on any atom is 0.253 e. The second-order valence-corrected chi connectivity index (χ2v) is 4.17. The summed E-state index contributed by atoms with van der Waals surface area (Å²) in [4.78, 5) is 0. The SMILES string of the molecule is Cc1n(CCCCl)c2ccccc2[n+]1C. The number of hydrogen-bond acceptors (Lipinski definition) is 0. The Bertz CT molecular complexity index is 474. The highest BCUT2D eigenvalue weighted by molar-refractivity contribution is 6.17. The van der Waals surface area contributed by atoms with Crippen molar-refractivity contribution in [2.45, 2.75) is 19.9 Å². The van der Waals surface area contributed by atoms with Gasteiger partial charge in [0, 0.05) is 12.8 Å². The van der Waals surface area contributed by atoms with Crippen LogP contribution in [-0.2, 0) is 13.6 Å². The van der Waals surface area contributed by atoms with Crippen molar-refractivity contribution >= 4 is 22.6 Å². The van der Waals surface area contributed by atoms with Gasteiger partial charge in [-0.05, 0) is 18.6 Å². The summed E-state index contributed by atoms with van der Waals surface area (Å²) < 4.78 is 4.56. The van der Waals surface area contributed by atoms with Gasteiger partial charge >= 0.3 is 0 Å². The number of halogens is 1. The highest BCUT2D eigenvalue weighted by Gasteiger charge is 2.17. The van der Waals surface area contributed by atoms with Gasteiger partial charge in [0.15, 0.2) is 11.0 Å². The van der Waals surface area contributed by atoms with Crippen LogP contribution in [0.15, 0.2) is 24.3 Å². The number of hydrogen-bond donors (Lipinski definition) is 0. The zero-order valence-electron chi connectivity index (χ0n) is 9.20. The third-order valence-electron chi connectivity index (χ3n) is 2.93. The number of aryl methyl sites for hydroxylation is 2. The fourth-order valence-corrected chi connectivity index (χ4v) is 2.13. The van der Waals surface area contributed by atoms with E-state index in [-0.39, 0.29) is 0 Å². The fourth-order valence-electron chi connectivity index (χ4n) is 2.01. The number of imidazole rings is 1. The average Bonchev–Trinajstić information content (AvgIpc) is 2.51. The van der Waals surface area contributed by atoms with Crippen LogP contribution in [0.4, 0.5) is 0 Å². The monoisotopic (exact) mass is 223 g/mol. The minimum atomic E-state index is 0.718. The first-order chi connectivity index (χ1) is 7.25. The van der Waals surface area contributed by atoms with Crippen molar-refractivity contribution in [3.63, 3.8) is 0 Å². The lowest BCUT2D eigenvalue weighted by Gasteiger charge is -1.97. The summed E-state index contributed by atoms with van der Waals surface area (Å²) in [5, 5.41) is 0. The largest absolute Gasteiger partial charge is 0.253 e. The first kappa shape index (κ1) is 10.5. The van der Waals surface area contributed by atoms with Crippen LogP contribution in [0.5, 0.6) is 0 Å². The average molecular weight is 224 g/mol. The highest BCUT2D eigenvalue weighted by atomic mass is 35.5. The van der Waals surface area contributed by atoms with E-state index in [0.29, 0.717) is 0 Å². The van der Waals surface area contributed by atoms with Gasteiger partial charge in [-0.15, -0.1) is 11.6 Å². The van der Waals surface area contributed by atoms with E-state index in [0.717, 1.165) is 18.8 Å². The van der Waals surface area contributed by atoms with Crippen LogP contribution in [-0.4, -0.2) is 10.4 Å². The van der Waals surface area contributed by atoms with Gasteiger partial charge in [-0.1, -0.05) is 12.1 Å². The Labute approximate surface area is 95.1 Å². The van der Waals surface area contributed by atoms with Gasteiger partial charge in [0.25, 0.3) is 5.82 Å². The Morgan fingerprint density at radius 2 is 2.07 bits per heavy atom. The number of nitrogens with zero attached hydrogens (tertiary/aromatic N) is 2. The van der Waals surface area contributed by atoms with E-state index >= 15 is 0 Å². The molecule has 0 spiro atoms. The van der Waals surface area contributed by atoms with Crippen molar-refractivity contribution in [2.75, 3.05) is 5.88 Å². The molecule has 1 aromatic heterocycles. The van der Waals surface area contributed by atoms with Crippen LogP contribution in [0.25, 0.3) is 11.0 Å². The Hall–Kier alpha value is -1.02. The number of fused-ring (bicyclic) bond motifs is 1. The highest BCUT2D eigenvalue weighted by Crippen LogP contribution is 2.13. The van der Waals surface area contributed by atoms with E-state index in [9.17, 15) is 0 Å².